The van der Waals surface area contributed by atoms with E-state index in [0.29, 0.717) is 11.0 Å². The Hall–Kier alpha value is -1.20. The number of rotatable bonds is 2. The maximum atomic E-state index is 11.3. The summed E-state index contributed by atoms with van der Waals surface area (Å²) in [7, 11) is -3.99. The van der Waals surface area contributed by atoms with Crippen LogP contribution in [0, 0.1) is 0 Å². The number of imidazole rings is 1. The molecule has 0 saturated heterocycles. The van der Waals surface area contributed by atoms with Crippen LogP contribution in [0.4, 0.5) is 0 Å². The van der Waals surface area contributed by atoms with Crippen molar-refractivity contribution in [3.8, 4) is 0 Å². The lowest BCUT2D eigenvalue weighted by atomic mass is 10.3. The second-order valence-electron chi connectivity index (χ2n) is 2.70. The van der Waals surface area contributed by atoms with Crippen LogP contribution in [0.3, 0.4) is 0 Å². The predicted octanol–water partition coefficient (Wildman–Crippen LogP) is 0.264. The van der Waals surface area contributed by atoms with Crippen LogP contribution in [0.25, 0.3) is 11.0 Å². The van der Waals surface area contributed by atoms with Crippen molar-refractivity contribution in [2.24, 2.45) is 5.90 Å². The minimum atomic E-state index is -3.99. The third-order valence-electron chi connectivity index (χ3n) is 1.79. The normalized spacial score (nSPS) is 15.6. The van der Waals surface area contributed by atoms with E-state index in [0.717, 1.165) is 0 Å². The van der Waals surface area contributed by atoms with Gasteiger partial charge in [0.1, 0.15) is 0 Å². The minimum Gasteiger partial charge on any atom is -0.332 e. The molecular formula is C7H8N3O3P. The van der Waals surface area contributed by atoms with E-state index < -0.39 is 7.60 Å². The second kappa shape index (κ2) is 3.18. The van der Waals surface area contributed by atoms with Crippen molar-refractivity contribution in [2.45, 2.75) is 0 Å². The number of aromatic nitrogens is 2. The molecule has 0 aliphatic carbocycles. The molecule has 0 aliphatic heterocycles. The zero-order valence-electron chi connectivity index (χ0n) is 7.04. The highest BCUT2D eigenvalue weighted by molar-refractivity contribution is 7.60. The van der Waals surface area contributed by atoms with Gasteiger partial charge in [0.2, 0.25) is 5.57 Å². The Kier molecular flexibility index (Phi) is 2.13. The Balaban J connectivity index is 2.61. The zero-order valence-corrected chi connectivity index (χ0v) is 7.94. The molecule has 0 fully saturated rings. The molecule has 1 unspecified atom stereocenters. The average molecular weight is 213 g/mol. The molecule has 0 amide bonds. The number of benzene rings is 1. The molecule has 4 N–H and O–H groups in total. The van der Waals surface area contributed by atoms with Gasteiger partial charge in [0, 0.05) is 0 Å². The van der Waals surface area contributed by atoms with E-state index in [9.17, 15) is 9.46 Å². The fourth-order valence-electron chi connectivity index (χ4n) is 1.12. The van der Waals surface area contributed by atoms with Crippen molar-refractivity contribution < 1.29 is 14.1 Å². The summed E-state index contributed by atoms with van der Waals surface area (Å²) in [5, 5.41) is 0. The lowest BCUT2D eigenvalue weighted by molar-refractivity contribution is 0.277. The van der Waals surface area contributed by atoms with Crippen molar-refractivity contribution in [1.82, 2.24) is 9.97 Å². The Morgan fingerprint density at radius 3 is 2.86 bits per heavy atom. The van der Waals surface area contributed by atoms with E-state index >= 15 is 0 Å². The fraction of sp³-hybridized carbons (Fsp3) is 0. The molecule has 0 bridgehead atoms. The van der Waals surface area contributed by atoms with Crippen molar-refractivity contribution in [1.29, 1.82) is 0 Å². The second-order valence-corrected chi connectivity index (χ2v) is 4.38. The summed E-state index contributed by atoms with van der Waals surface area (Å²) < 4.78 is 15.2. The number of H-pyrrole nitrogens is 1. The molecule has 2 aromatic rings. The number of hydrogen-bond acceptors (Lipinski definition) is 4. The van der Waals surface area contributed by atoms with Crippen LogP contribution in [0.15, 0.2) is 24.3 Å². The maximum Gasteiger partial charge on any atom is 0.409 e. The van der Waals surface area contributed by atoms with Gasteiger partial charge in [0.15, 0.2) is 0 Å². The number of nitrogens with one attached hydrogen (secondary N) is 1. The summed E-state index contributed by atoms with van der Waals surface area (Å²) in [6.07, 6.45) is 0. The third kappa shape index (κ3) is 1.44. The maximum absolute atomic E-state index is 11.3. The molecule has 0 aliphatic rings. The van der Waals surface area contributed by atoms with Crippen LogP contribution in [0.1, 0.15) is 0 Å². The predicted molar refractivity (Wildman–Crippen MR) is 50.8 cm³/mol. The first-order chi connectivity index (χ1) is 6.63. The van der Waals surface area contributed by atoms with E-state index in [1.165, 1.54) is 0 Å². The highest BCUT2D eigenvalue weighted by Crippen LogP contribution is 2.37. The number of para-hydroxylation sites is 2. The Morgan fingerprint density at radius 1 is 1.50 bits per heavy atom. The van der Waals surface area contributed by atoms with Crippen LogP contribution in [0.5, 0.6) is 0 Å². The highest BCUT2D eigenvalue weighted by Gasteiger charge is 2.26. The molecule has 0 saturated carbocycles. The Bertz CT molecular complexity index is 477. The summed E-state index contributed by atoms with van der Waals surface area (Å²) in [6.45, 7) is 0. The first-order valence-electron chi connectivity index (χ1n) is 3.80. The molecule has 7 heteroatoms. The van der Waals surface area contributed by atoms with Crippen molar-refractivity contribution in [2.75, 3.05) is 0 Å². The lowest BCUT2D eigenvalue weighted by Gasteiger charge is -2.01. The Labute approximate surface area is 79.2 Å². The zero-order chi connectivity index (χ0) is 10.2. The molecule has 6 nitrogen and oxygen atoms in total. The quantitative estimate of drug-likeness (QED) is 0.490. The fourth-order valence-corrected chi connectivity index (χ4v) is 1.72. The smallest absolute Gasteiger partial charge is 0.332 e. The molecule has 1 aromatic carbocycles. The number of aromatic amines is 1. The molecule has 1 heterocycles. The first-order valence-corrected chi connectivity index (χ1v) is 5.38. The molecule has 1 atom stereocenters. The SMILES string of the molecule is NOP(=O)(O)c1nc2ccccc2[nH]1. The molecule has 2 rings (SSSR count). The summed E-state index contributed by atoms with van der Waals surface area (Å²) >= 11 is 0. The van der Waals surface area contributed by atoms with Crippen molar-refractivity contribution in [3.63, 3.8) is 0 Å². The minimum absolute atomic E-state index is 0.152. The largest absolute Gasteiger partial charge is 0.409 e. The highest BCUT2D eigenvalue weighted by atomic mass is 31.2. The van der Waals surface area contributed by atoms with Crippen molar-refractivity contribution in [3.05, 3.63) is 24.3 Å². The van der Waals surface area contributed by atoms with Gasteiger partial charge < -0.3 is 9.88 Å². The van der Waals surface area contributed by atoms with Gasteiger partial charge >= 0.3 is 7.60 Å². The molecule has 0 radical (unpaired) electrons. The topological polar surface area (TPSA) is 101 Å². The lowest BCUT2D eigenvalue weighted by Crippen LogP contribution is -2.13. The van der Waals surface area contributed by atoms with Crippen LogP contribution in [-0.2, 0) is 9.19 Å². The molecule has 0 spiro atoms. The van der Waals surface area contributed by atoms with Gasteiger partial charge in [-0.1, -0.05) is 12.1 Å². The van der Waals surface area contributed by atoms with Gasteiger partial charge in [-0.05, 0) is 12.1 Å². The molecule has 14 heavy (non-hydrogen) atoms. The monoisotopic (exact) mass is 213 g/mol. The summed E-state index contributed by atoms with van der Waals surface area (Å²) in [5.74, 6) is 4.69. The van der Waals surface area contributed by atoms with E-state index in [2.05, 4.69) is 20.5 Å². The summed E-state index contributed by atoms with van der Waals surface area (Å²) in [6, 6.07) is 7.02. The van der Waals surface area contributed by atoms with Gasteiger partial charge in [0.25, 0.3) is 0 Å². The van der Waals surface area contributed by atoms with Gasteiger partial charge in [-0.2, -0.15) is 0 Å². The van der Waals surface area contributed by atoms with Crippen LogP contribution in [0.2, 0.25) is 0 Å². The van der Waals surface area contributed by atoms with Crippen LogP contribution >= 0.6 is 7.60 Å². The van der Waals surface area contributed by atoms with Gasteiger partial charge in [-0.25, -0.2) is 20.1 Å². The van der Waals surface area contributed by atoms with Crippen LogP contribution in [-0.4, -0.2) is 14.9 Å². The third-order valence-corrected chi connectivity index (χ3v) is 2.82. The first kappa shape index (κ1) is 9.36. The number of nitrogens with zero attached hydrogens (tertiary/aromatic N) is 1. The van der Waals surface area contributed by atoms with Crippen molar-refractivity contribution >= 4 is 24.2 Å². The molecular weight excluding hydrogens is 205 g/mol. The molecule has 1 aromatic heterocycles. The van der Waals surface area contributed by atoms with Crippen LogP contribution < -0.4 is 11.5 Å². The number of hydrogen-bond donors (Lipinski definition) is 3. The number of nitrogens with two attached hydrogens (primary N) is 1. The summed E-state index contributed by atoms with van der Waals surface area (Å²) in [4.78, 5) is 15.7. The van der Waals surface area contributed by atoms with E-state index in [-0.39, 0.29) is 5.57 Å². The van der Waals surface area contributed by atoms with Gasteiger partial charge in [-0.15, -0.1) is 0 Å². The number of fused-ring (bicyclic) bond motifs is 1. The van der Waals surface area contributed by atoms with Gasteiger partial charge in [0.05, 0.1) is 11.0 Å². The van der Waals surface area contributed by atoms with Gasteiger partial charge in [-0.3, -0.25) is 0 Å². The van der Waals surface area contributed by atoms with E-state index in [1.807, 2.05) is 0 Å². The summed E-state index contributed by atoms with van der Waals surface area (Å²) in [5.41, 5.74) is 1.10. The van der Waals surface area contributed by atoms with E-state index in [4.69, 9.17) is 0 Å². The average Bonchev–Trinajstić information content (AvgIpc) is 2.61. The van der Waals surface area contributed by atoms with E-state index in [1.54, 1.807) is 24.3 Å². The standard InChI is InChI=1S/C7H8N3O3P/c8-13-14(11,12)7-9-5-3-1-2-4-6(5)10-7/h1-4H,8H2,(H,9,10)(H,11,12). The Morgan fingerprint density at radius 2 is 2.21 bits per heavy atom. The molecule has 74 valence electrons.